The molecule has 1 aliphatic rings. The van der Waals surface area contributed by atoms with Crippen LogP contribution in [0, 0.1) is 5.41 Å². The summed E-state index contributed by atoms with van der Waals surface area (Å²) in [5, 5.41) is 18.7. The fourth-order valence-electron chi connectivity index (χ4n) is 2.93. The molecule has 1 aromatic carbocycles. The van der Waals surface area contributed by atoms with E-state index in [0.717, 1.165) is 31.4 Å². The van der Waals surface area contributed by atoms with E-state index in [1.165, 1.54) is 0 Å². The van der Waals surface area contributed by atoms with Crippen LogP contribution in [-0.4, -0.2) is 40.2 Å². The Bertz CT molecular complexity index is 471. The summed E-state index contributed by atoms with van der Waals surface area (Å²) in [6, 6.07) is 7.54. The Kier molecular flexibility index (Phi) is 4.33. The number of aromatic hydroxyl groups is 1. The average Bonchev–Trinajstić information content (AvgIpc) is 2.41. The van der Waals surface area contributed by atoms with Crippen LogP contribution in [0.4, 0.5) is 0 Å². The molecule has 1 aromatic rings. The van der Waals surface area contributed by atoms with Gasteiger partial charge in [-0.2, -0.15) is 0 Å². The van der Waals surface area contributed by atoms with Crippen molar-refractivity contribution in [3.63, 3.8) is 0 Å². The third kappa shape index (κ3) is 3.31. The van der Waals surface area contributed by atoms with Crippen molar-refractivity contribution in [2.24, 2.45) is 5.41 Å². The molecule has 0 aliphatic carbocycles. The van der Waals surface area contributed by atoms with Crippen molar-refractivity contribution < 1.29 is 15.0 Å². The molecule has 0 aromatic heterocycles. The molecule has 2 unspecified atom stereocenters. The van der Waals surface area contributed by atoms with Gasteiger partial charge in [0.05, 0.1) is 5.41 Å². The van der Waals surface area contributed by atoms with Crippen LogP contribution in [0.25, 0.3) is 0 Å². The highest BCUT2D eigenvalue weighted by molar-refractivity contribution is 5.74. The first-order chi connectivity index (χ1) is 9.40. The van der Waals surface area contributed by atoms with E-state index in [-0.39, 0.29) is 5.75 Å². The first kappa shape index (κ1) is 14.9. The molecule has 1 saturated heterocycles. The summed E-state index contributed by atoms with van der Waals surface area (Å²) < 4.78 is 0. The topological polar surface area (TPSA) is 60.8 Å². The molecule has 0 saturated carbocycles. The van der Waals surface area contributed by atoms with Gasteiger partial charge in [-0.05, 0) is 57.4 Å². The largest absolute Gasteiger partial charge is 0.508 e. The number of phenolic OH excluding ortho intramolecular Hbond substituents is 1. The molecule has 20 heavy (non-hydrogen) atoms. The Morgan fingerprint density at radius 1 is 1.40 bits per heavy atom. The lowest BCUT2D eigenvalue weighted by Crippen LogP contribution is -2.49. The molecule has 2 atom stereocenters. The minimum atomic E-state index is -0.695. The second kappa shape index (κ2) is 5.83. The lowest BCUT2D eigenvalue weighted by atomic mass is 9.81. The van der Waals surface area contributed by atoms with Crippen molar-refractivity contribution in [3.8, 4) is 5.75 Å². The maximum atomic E-state index is 11.4. The van der Waals surface area contributed by atoms with Gasteiger partial charge in [0.15, 0.2) is 0 Å². The van der Waals surface area contributed by atoms with E-state index < -0.39 is 11.4 Å². The first-order valence-corrected chi connectivity index (χ1v) is 7.16. The molecule has 1 heterocycles. The highest BCUT2D eigenvalue weighted by Crippen LogP contribution is 2.31. The van der Waals surface area contributed by atoms with Crippen LogP contribution < -0.4 is 0 Å². The fraction of sp³-hybridized carbons (Fsp3) is 0.562. The van der Waals surface area contributed by atoms with Crippen LogP contribution in [0.2, 0.25) is 0 Å². The summed E-state index contributed by atoms with van der Waals surface area (Å²) >= 11 is 0. The van der Waals surface area contributed by atoms with Gasteiger partial charge in [0.1, 0.15) is 5.75 Å². The van der Waals surface area contributed by atoms with Crippen LogP contribution in [0.1, 0.15) is 32.3 Å². The van der Waals surface area contributed by atoms with Gasteiger partial charge in [0.25, 0.3) is 0 Å². The van der Waals surface area contributed by atoms with E-state index in [1.54, 1.807) is 12.1 Å². The minimum absolute atomic E-state index is 0.276. The standard InChI is InChI=1S/C16H23NO3/c1-12(10-13-4-6-14(18)7-5-13)17-9-3-8-16(2,11-17)15(19)20/h4-7,12,18H,3,8-11H2,1-2H3,(H,19,20). The number of hydrogen-bond donors (Lipinski definition) is 2. The van der Waals surface area contributed by atoms with Crippen molar-refractivity contribution in [1.82, 2.24) is 4.90 Å². The normalized spacial score (nSPS) is 25.3. The van der Waals surface area contributed by atoms with Crippen LogP contribution in [0.3, 0.4) is 0 Å². The van der Waals surface area contributed by atoms with Crippen LogP contribution in [0.5, 0.6) is 5.75 Å². The highest BCUT2D eigenvalue weighted by Gasteiger charge is 2.38. The molecule has 0 amide bonds. The van der Waals surface area contributed by atoms with E-state index in [4.69, 9.17) is 0 Å². The lowest BCUT2D eigenvalue weighted by Gasteiger charge is -2.40. The van der Waals surface area contributed by atoms with E-state index in [2.05, 4.69) is 11.8 Å². The number of aliphatic carboxylic acids is 1. The summed E-state index contributed by atoms with van der Waals surface area (Å²) in [7, 11) is 0. The molecular weight excluding hydrogens is 254 g/mol. The van der Waals surface area contributed by atoms with E-state index in [0.29, 0.717) is 12.6 Å². The molecule has 2 N–H and O–H groups in total. The van der Waals surface area contributed by atoms with Crippen molar-refractivity contribution in [3.05, 3.63) is 29.8 Å². The Labute approximate surface area is 120 Å². The molecule has 0 bridgehead atoms. The second-order valence-electron chi connectivity index (χ2n) is 6.16. The molecule has 0 radical (unpaired) electrons. The summed E-state index contributed by atoms with van der Waals surface area (Å²) in [5.74, 6) is -0.420. The Balaban J connectivity index is 2.00. The smallest absolute Gasteiger partial charge is 0.310 e. The van der Waals surface area contributed by atoms with Gasteiger partial charge in [-0.15, -0.1) is 0 Å². The lowest BCUT2D eigenvalue weighted by molar-refractivity contribution is -0.151. The number of likely N-dealkylation sites (tertiary alicyclic amines) is 1. The number of hydrogen-bond acceptors (Lipinski definition) is 3. The van der Waals surface area contributed by atoms with Gasteiger partial charge in [-0.3, -0.25) is 9.69 Å². The summed E-state index contributed by atoms with van der Waals surface area (Å²) in [6.07, 6.45) is 2.56. The molecule has 1 aliphatic heterocycles. The first-order valence-electron chi connectivity index (χ1n) is 7.16. The predicted molar refractivity (Wildman–Crippen MR) is 77.8 cm³/mol. The molecule has 110 valence electrons. The SMILES string of the molecule is CC(Cc1ccc(O)cc1)N1CCCC(C)(C(=O)O)C1. The quantitative estimate of drug-likeness (QED) is 0.887. The maximum absolute atomic E-state index is 11.4. The number of nitrogens with zero attached hydrogens (tertiary/aromatic N) is 1. The summed E-state index contributed by atoms with van der Waals surface area (Å²) in [5.41, 5.74) is 0.541. The molecular formula is C16H23NO3. The molecule has 4 nitrogen and oxygen atoms in total. The minimum Gasteiger partial charge on any atom is -0.508 e. The zero-order valence-corrected chi connectivity index (χ0v) is 12.2. The highest BCUT2D eigenvalue weighted by atomic mass is 16.4. The fourth-order valence-corrected chi connectivity index (χ4v) is 2.93. The summed E-state index contributed by atoms with van der Waals surface area (Å²) in [4.78, 5) is 13.7. The zero-order valence-electron chi connectivity index (χ0n) is 12.2. The Morgan fingerprint density at radius 2 is 2.05 bits per heavy atom. The van der Waals surface area contributed by atoms with E-state index in [1.807, 2.05) is 19.1 Å². The van der Waals surface area contributed by atoms with Gasteiger partial charge in [0.2, 0.25) is 0 Å². The second-order valence-corrected chi connectivity index (χ2v) is 6.16. The van der Waals surface area contributed by atoms with Crippen molar-refractivity contribution in [1.29, 1.82) is 0 Å². The van der Waals surface area contributed by atoms with E-state index in [9.17, 15) is 15.0 Å². The Morgan fingerprint density at radius 3 is 2.65 bits per heavy atom. The van der Waals surface area contributed by atoms with Crippen LogP contribution in [-0.2, 0) is 11.2 Å². The zero-order chi connectivity index (χ0) is 14.8. The number of carbonyl (C=O) groups is 1. The molecule has 0 spiro atoms. The van der Waals surface area contributed by atoms with Crippen molar-refractivity contribution in [2.45, 2.75) is 39.2 Å². The van der Waals surface area contributed by atoms with Crippen LogP contribution in [0.15, 0.2) is 24.3 Å². The monoisotopic (exact) mass is 277 g/mol. The Hall–Kier alpha value is -1.55. The van der Waals surface area contributed by atoms with Crippen molar-refractivity contribution >= 4 is 5.97 Å². The number of phenols is 1. The molecule has 4 heteroatoms. The number of carboxylic acids is 1. The van der Waals surface area contributed by atoms with Gasteiger partial charge in [-0.25, -0.2) is 0 Å². The number of benzene rings is 1. The third-order valence-electron chi connectivity index (χ3n) is 4.33. The van der Waals surface area contributed by atoms with E-state index >= 15 is 0 Å². The van der Waals surface area contributed by atoms with Gasteiger partial charge >= 0.3 is 5.97 Å². The average molecular weight is 277 g/mol. The maximum Gasteiger partial charge on any atom is 0.310 e. The van der Waals surface area contributed by atoms with Crippen LogP contribution >= 0.6 is 0 Å². The van der Waals surface area contributed by atoms with Gasteiger partial charge in [-0.1, -0.05) is 12.1 Å². The summed E-state index contributed by atoms with van der Waals surface area (Å²) in [6.45, 7) is 5.55. The number of piperidine rings is 1. The molecule has 1 fully saturated rings. The predicted octanol–water partition coefficient (Wildman–Crippen LogP) is 2.51. The number of carboxylic acid groups (broad SMARTS) is 1. The van der Waals surface area contributed by atoms with Gasteiger partial charge in [0, 0.05) is 12.6 Å². The third-order valence-corrected chi connectivity index (χ3v) is 4.33. The van der Waals surface area contributed by atoms with Gasteiger partial charge < -0.3 is 10.2 Å². The van der Waals surface area contributed by atoms with Crippen molar-refractivity contribution in [2.75, 3.05) is 13.1 Å². The molecule has 2 rings (SSSR count). The number of rotatable bonds is 4.